The van der Waals surface area contributed by atoms with Crippen LogP contribution in [0.5, 0.6) is 11.6 Å². The number of benzene rings is 1. The fourth-order valence-electron chi connectivity index (χ4n) is 1.43. The second kappa shape index (κ2) is 4.99. The first-order chi connectivity index (χ1) is 8.72. The van der Waals surface area contributed by atoms with Gasteiger partial charge in [-0.2, -0.15) is 10.5 Å². The second-order valence-corrected chi connectivity index (χ2v) is 3.69. The summed E-state index contributed by atoms with van der Waals surface area (Å²) in [5.74, 6) is 0.906. The van der Waals surface area contributed by atoms with Crippen molar-refractivity contribution in [1.82, 2.24) is 4.98 Å². The molecular weight excluding hydrogens is 226 g/mol. The van der Waals surface area contributed by atoms with Crippen LogP contribution in [0, 0.1) is 29.6 Å². The molecule has 1 heterocycles. The number of nitriles is 2. The maximum atomic E-state index is 8.84. The molecule has 4 nitrogen and oxygen atoms in total. The van der Waals surface area contributed by atoms with E-state index < -0.39 is 0 Å². The molecule has 0 bridgehead atoms. The van der Waals surface area contributed by atoms with Gasteiger partial charge in [-0.15, -0.1) is 0 Å². The minimum absolute atomic E-state index is 0.340. The van der Waals surface area contributed by atoms with E-state index in [4.69, 9.17) is 15.3 Å². The van der Waals surface area contributed by atoms with Gasteiger partial charge in [0, 0.05) is 12.3 Å². The van der Waals surface area contributed by atoms with Gasteiger partial charge in [-0.25, -0.2) is 4.98 Å². The molecule has 0 saturated heterocycles. The van der Waals surface area contributed by atoms with Gasteiger partial charge < -0.3 is 4.74 Å². The van der Waals surface area contributed by atoms with Gasteiger partial charge in [0.05, 0.1) is 23.3 Å². The number of ether oxygens (including phenoxy) is 1. The molecule has 0 N–H and O–H groups in total. The Balaban J connectivity index is 2.34. The lowest BCUT2D eigenvalue weighted by Crippen LogP contribution is -1.91. The van der Waals surface area contributed by atoms with Crippen molar-refractivity contribution in [2.24, 2.45) is 0 Å². The minimum atomic E-state index is 0.340. The molecule has 0 atom stereocenters. The minimum Gasteiger partial charge on any atom is -0.439 e. The molecule has 0 saturated carbocycles. The Labute approximate surface area is 105 Å². The van der Waals surface area contributed by atoms with Crippen molar-refractivity contribution in [2.45, 2.75) is 6.92 Å². The van der Waals surface area contributed by atoms with E-state index in [9.17, 15) is 0 Å². The third-order valence-electron chi connectivity index (χ3n) is 2.40. The number of rotatable bonds is 2. The lowest BCUT2D eigenvalue weighted by molar-refractivity contribution is 0.459. The highest BCUT2D eigenvalue weighted by molar-refractivity contribution is 5.43. The summed E-state index contributed by atoms with van der Waals surface area (Å²) in [6.07, 6.45) is 1.51. The number of aryl methyl sites for hydroxylation is 1. The van der Waals surface area contributed by atoms with Crippen molar-refractivity contribution in [1.29, 1.82) is 10.5 Å². The second-order valence-electron chi connectivity index (χ2n) is 3.69. The van der Waals surface area contributed by atoms with Crippen molar-refractivity contribution in [2.75, 3.05) is 0 Å². The normalized spacial score (nSPS) is 9.28. The molecular formula is C14H9N3O. The third kappa shape index (κ3) is 2.45. The van der Waals surface area contributed by atoms with E-state index in [2.05, 4.69) is 11.1 Å². The molecule has 18 heavy (non-hydrogen) atoms. The quantitative estimate of drug-likeness (QED) is 0.802. The number of aromatic nitrogens is 1. The Bertz CT molecular complexity index is 665. The predicted octanol–water partition coefficient (Wildman–Crippen LogP) is 2.93. The summed E-state index contributed by atoms with van der Waals surface area (Å²) in [7, 11) is 0. The first kappa shape index (κ1) is 11.6. The van der Waals surface area contributed by atoms with Crippen molar-refractivity contribution < 1.29 is 4.74 Å². The largest absolute Gasteiger partial charge is 0.439 e. The zero-order valence-electron chi connectivity index (χ0n) is 9.71. The summed E-state index contributed by atoms with van der Waals surface area (Å²) < 4.78 is 5.58. The summed E-state index contributed by atoms with van der Waals surface area (Å²) in [6, 6.07) is 12.4. The van der Waals surface area contributed by atoms with Gasteiger partial charge in [-0.05, 0) is 30.7 Å². The highest BCUT2D eigenvalue weighted by Crippen LogP contribution is 2.24. The van der Waals surface area contributed by atoms with E-state index >= 15 is 0 Å². The number of nitrogens with zero attached hydrogens (tertiary/aromatic N) is 3. The van der Waals surface area contributed by atoms with Crippen LogP contribution in [0.1, 0.15) is 16.7 Å². The Kier molecular flexibility index (Phi) is 3.22. The Morgan fingerprint density at radius 3 is 2.50 bits per heavy atom. The average molecular weight is 235 g/mol. The Hall–Kier alpha value is -2.85. The molecule has 0 spiro atoms. The zero-order chi connectivity index (χ0) is 13.0. The van der Waals surface area contributed by atoms with Crippen LogP contribution in [0.4, 0.5) is 0 Å². The van der Waals surface area contributed by atoms with E-state index in [0.29, 0.717) is 22.8 Å². The van der Waals surface area contributed by atoms with Crippen LogP contribution in [0.25, 0.3) is 0 Å². The molecule has 2 rings (SSSR count). The van der Waals surface area contributed by atoms with Crippen molar-refractivity contribution in [3.8, 4) is 23.8 Å². The zero-order valence-corrected chi connectivity index (χ0v) is 9.71. The SMILES string of the molecule is Cc1ccc(C#N)cc1Oc1cc(C#N)ccn1. The van der Waals surface area contributed by atoms with Crippen LogP contribution >= 0.6 is 0 Å². The van der Waals surface area contributed by atoms with Crippen molar-refractivity contribution >= 4 is 0 Å². The predicted molar refractivity (Wildman–Crippen MR) is 64.9 cm³/mol. The maximum absolute atomic E-state index is 8.84. The summed E-state index contributed by atoms with van der Waals surface area (Å²) in [5.41, 5.74) is 1.90. The highest BCUT2D eigenvalue weighted by atomic mass is 16.5. The van der Waals surface area contributed by atoms with Crippen LogP contribution in [0.15, 0.2) is 36.5 Å². The first-order valence-corrected chi connectivity index (χ1v) is 5.27. The molecule has 1 aromatic heterocycles. The van der Waals surface area contributed by atoms with Crippen LogP contribution in [-0.4, -0.2) is 4.98 Å². The molecule has 0 unspecified atom stereocenters. The molecule has 0 aliphatic heterocycles. The van der Waals surface area contributed by atoms with Gasteiger partial charge in [-0.3, -0.25) is 0 Å². The highest BCUT2D eigenvalue weighted by Gasteiger charge is 2.04. The van der Waals surface area contributed by atoms with E-state index in [1.807, 2.05) is 19.1 Å². The number of hydrogen-bond acceptors (Lipinski definition) is 4. The standard InChI is InChI=1S/C14H9N3O/c1-10-2-3-11(8-15)6-13(10)18-14-7-12(9-16)4-5-17-14/h2-7H,1H3. The lowest BCUT2D eigenvalue weighted by atomic mass is 10.1. The van der Waals surface area contributed by atoms with Gasteiger partial charge in [-0.1, -0.05) is 6.07 Å². The van der Waals surface area contributed by atoms with E-state index in [-0.39, 0.29) is 0 Å². The van der Waals surface area contributed by atoms with Gasteiger partial charge in [0.15, 0.2) is 0 Å². The topological polar surface area (TPSA) is 69.7 Å². The smallest absolute Gasteiger partial charge is 0.220 e. The molecule has 0 aliphatic rings. The summed E-state index contributed by atoms with van der Waals surface area (Å²) in [5, 5.41) is 17.6. The van der Waals surface area contributed by atoms with Gasteiger partial charge >= 0.3 is 0 Å². The number of pyridine rings is 1. The molecule has 0 radical (unpaired) electrons. The van der Waals surface area contributed by atoms with Crippen molar-refractivity contribution in [3.63, 3.8) is 0 Å². The fourth-order valence-corrected chi connectivity index (χ4v) is 1.43. The first-order valence-electron chi connectivity index (χ1n) is 5.27. The summed E-state index contributed by atoms with van der Waals surface area (Å²) in [4.78, 5) is 4.02. The van der Waals surface area contributed by atoms with Crippen LogP contribution in [0.3, 0.4) is 0 Å². The molecule has 2 aromatic rings. The molecule has 86 valence electrons. The van der Waals surface area contributed by atoms with E-state index in [1.54, 1.807) is 24.3 Å². The van der Waals surface area contributed by atoms with Gasteiger partial charge in [0.1, 0.15) is 5.75 Å². The molecule has 0 amide bonds. The summed E-state index contributed by atoms with van der Waals surface area (Å²) in [6.45, 7) is 1.88. The Morgan fingerprint density at radius 1 is 1.06 bits per heavy atom. The summed E-state index contributed by atoms with van der Waals surface area (Å²) >= 11 is 0. The van der Waals surface area contributed by atoms with Gasteiger partial charge in [0.2, 0.25) is 5.88 Å². The fraction of sp³-hybridized carbons (Fsp3) is 0.0714. The third-order valence-corrected chi connectivity index (χ3v) is 2.40. The molecule has 4 heteroatoms. The molecule has 0 aliphatic carbocycles. The van der Waals surface area contributed by atoms with E-state index in [0.717, 1.165) is 5.56 Å². The monoisotopic (exact) mass is 235 g/mol. The van der Waals surface area contributed by atoms with Crippen molar-refractivity contribution in [3.05, 3.63) is 53.2 Å². The molecule has 1 aromatic carbocycles. The van der Waals surface area contributed by atoms with E-state index in [1.165, 1.54) is 6.20 Å². The number of hydrogen-bond donors (Lipinski definition) is 0. The maximum Gasteiger partial charge on any atom is 0.220 e. The Morgan fingerprint density at radius 2 is 1.78 bits per heavy atom. The van der Waals surface area contributed by atoms with Crippen LogP contribution in [0.2, 0.25) is 0 Å². The van der Waals surface area contributed by atoms with Crippen LogP contribution < -0.4 is 4.74 Å². The molecule has 0 fully saturated rings. The lowest BCUT2D eigenvalue weighted by Gasteiger charge is -2.07. The average Bonchev–Trinajstić information content (AvgIpc) is 2.41. The van der Waals surface area contributed by atoms with Gasteiger partial charge in [0.25, 0.3) is 0 Å². The van der Waals surface area contributed by atoms with Crippen LogP contribution in [-0.2, 0) is 0 Å².